The number of benzene rings is 1. The molecule has 0 spiro atoms. The molecule has 5 nitrogen and oxygen atoms in total. The zero-order valence-electron chi connectivity index (χ0n) is 13.9. The molecule has 1 aliphatic rings. The minimum absolute atomic E-state index is 0.338. The maximum absolute atomic E-state index is 9.00. The first kappa shape index (κ1) is 15.8. The van der Waals surface area contributed by atoms with Crippen LogP contribution in [0.3, 0.4) is 0 Å². The molecule has 0 saturated carbocycles. The van der Waals surface area contributed by atoms with Crippen molar-refractivity contribution in [3.8, 4) is 6.07 Å². The SMILES string of the molecule is CC1(C)OB(c2ccc(Cn3ccnc3C#N)cc2)OC1(C)C. The Morgan fingerprint density at radius 2 is 1.74 bits per heavy atom. The van der Waals surface area contributed by atoms with Crippen molar-refractivity contribution in [1.29, 1.82) is 5.26 Å². The molecule has 0 unspecified atom stereocenters. The van der Waals surface area contributed by atoms with Crippen molar-refractivity contribution in [2.75, 3.05) is 0 Å². The van der Waals surface area contributed by atoms with Gasteiger partial charge in [0.05, 0.1) is 11.2 Å². The number of nitriles is 1. The fourth-order valence-electron chi connectivity index (χ4n) is 2.51. The summed E-state index contributed by atoms with van der Waals surface area (Å²) in [7, 11) is -0.350. The summed E-state index contributed by atoms with van der Waals surface area (Å²) in [4.78, 5) is 4.01. The number of hydrogen-bond donors (Lipinski definition) is 0. The summed E-state index contributed by atoms with van der Waals surface area (Å²) in [6, 6.07) is 10.2. The van der Waals surface area contributed by atoms with E-state index in [2.05, 4.69) is 11.1 Å². The first-order valence-electron chi connectivity index (χ1n) is 7.68. The van der Waals surface area contributed by atoms with E-state index < -0.39 is 0 Å². The Morgan fingerprint density at radius 3 is 2.30 bits per heavy atom. The molecular weight excluding hydrogens is 289 g/mol. The lowest BCUT2D eigenvalue weighted by atomic mass is 9.79. The number of nitrogens with zero attached hydrogens (tertiary/aromatic N) is 3. The normalized spacial score (nSPS) is 18.8. The van der Waals surface area contributed by atoms with Crippen LogP contribution in [0.2, 0.25) is 0 Å². The third-order valence-corrected chi connectivity index (χ3v) is 4.67. The molecular formula is C17H20BN3O2. The number of imidazole rings is 1. The Balaban J connectivity index is 1.75. The first-order valence-corrected chi connectivity index (χ1v) is 7.68. The molecule has 0 N–H and O–H groups in total. The van der Waals surface area contributed by atoms with Crippen LogP contribution in [-0.2, 0) is 15.9 Å². The maximum atomic E-state index is 9.00. The quantitative estimate of drug-likeness (QED) is 0.815. The van der Waals surface area contributed by atoms with Gasteiger partial charge in [0.2, 0.25) is 5.82 Å². The largest absolute Gasteiger partial charge is 0.494 e. The van der Waals surface area contributed by atoms with E-state index in [1.165, 1.54) is 0 Å². The van der Waals surface area contributed by atoms with E-state index in [1.54, 1.807) is 12.4 Å². The lowest BCUT2D eigenvalue weighted by Gasteiger charge is -2.32. The summed E-state index contributed by atoms with van der Waals surface area (Å²) in [5.41, 5.74) is 1.42. The van der Waals surface area contributed by atoms with Crippen molar-refractivity contribution in [2.24, 2.45) is 0 Å². The topological polar surface area (TPSA) is 60.1 Å². The Hall–Kier alpha value is -2.10. The molecule has 1 aromatic heterocycles. The summed E-state index contributed by atoms with van der Waals surface area (Å²) in [6.07, 6.45) is 3.44. The fourth-order valence-corrected chi connectivity index (χ4v) is 2.51. The van der Waals surface area contributed by atoms with Crippen LogP contribution < -0.4 is 5.46 Å². The number of rotatable bonds is 3. The van der Waals surface area contributed by atoms with Gasteiger partial charge in [-0.05, 0) is 38.7 Å². The summed E-state index contributed by atoms with van der Waals surface area (Å²) in [5, 5.41) is 9.00. The molecule has 118 valence electrons. The van der Waals surface area contributed by atoms with Crippen LogP contribution in [0.25, 0.3) is 0 Å². The average Bonchev–Trinajstić information content (AvgIpc) is 3.02. The molecule has 0 aliphatic carbocycles. The van der Waals surface area contributed by atoms with Gasteiger partial charge in [0.1, 0.15) is 6.07 Å². The monoisotopic (exact) mass is 309 g/mol. The molecule has 6 heteroatoms. The van der Waals surface area contributed by atoms with Gasteiger partial charge in [0.15, 0.2) is 0 Å². The predicted octanol–water partition coefficient (Wildman–Crippen LogP) is 2.10. The van der Waals surface area contributed by atoms with Gasteiger partial charge in [-0.25, -0.2) is 4.98 Å². The highest BCUT2D eigenvalue weighted by atomic mass is 16.7. The zero-order valence-corrected chi connectivity index (χ0v) is 13.9. The van der Waals surface area contributed by atoms with Crippen molar-refractivity contribution in [1.82, 2.24) is 9.55 Å². The van der Waals surface area contributed by atoms with Crippen molar-refractivity contribution in [3.63, 3.8) is 0 Å². The molecule has 1 saturated heterocycles. The standard InChI is InChI=1S/C17H20BN3O2/c1-16(2)17(3,4)23-18(22-16)14-7-5-13(6-8-14)12-21-10-9-20-15(21)11-19/h5-10H,12H2,1-4H3. The second kappa shape index (κ2) is 5.52. The second-order valence-corrected chi connectivity index (χ2v) is 6.82. The van der Waals surface area contributed by atoms with Crippen LogP contribution in [0.15, 0.2) is 36.7 Å². The molecule has 0 radical (unpaired) electrons. The third kappa shape index (κ3) is 2.90. The van der Waals surface area contributed by atoms with Crippen LogP contribution in [0.4, 0.5) is 0 Å². The van der Waals surface area contributed by atoms with E-state index in [0.717, 1.165) is 11.0 Å². The van der Waals surface area contributed by atoms with Gasteiger partial charge in [-0.15, -0.1) is 0 Å². The summed E-state index contributed by atoms with van der Waals surface area (Å²) in [5.74, 6) is 0.417. The van der Waals surface area contributed by atoms with Gasteiger partial charge < -0.3 is 13.9 Å². The molecule has 0 bridgehead atoms. The van der Waals surface area contributed by atoms with Crippen LogP contribution in [0, 0.1) is 11.3 Å². The van der Waals surface area contributed by atoms with Crippen LogP contribution in [0.1, 0.15) is 39.1 Å². The van der Waals surface area contributed by atoms with Crippen molar-refractivity contribution in [3.05, 3.63) is 48.0 Å². The zero-order chi connectivity index (χ0) is 16.7. The molecule has 23 heavy (non-hydrogen) atoms. The minimum atomic E-state index is -0.350. The van der Waals surface area contributed by atoms with Gasteiger partial charge in [-0.3, -0.25) is 0 Å². The minimum Gasteiger partial charge on any atom is -0.399 e. The third-order valence-electron chi connectivity index (χ3n) is 4.67. The summed E-state index contributed by atoms with van der Waals surface area (Å²) >= 11 is 0. The highest BCUT2D eigenvalue weighted by molar-refractivity contribution is 6.62. The van der Waals surface area contributed by atoms with Gasteiger partial charge in [-0.2, -0.15) is 5.26 Å². The van der Waals surface area contributed by atoms with Crippen LogP contribution >= 0.6 is 0 Å². The van der Waals surface area contributed by atoms with E-state index in [-0.39, 0.29) is 18.3 Å². The van der Waals surface area contributed by atoms with Gasteiger partial charge >= 0.3 is 7.12 Å². The van der Waals surface area contributed by atoms with Crippen molar-refractivity contribution < 1.29 is 9.31 Å². The van der Waals surface area contributed by atoms with Gasteiger partial charge in [-0.1, -0.05) is 24.3 Å². The second-order valence-electron chi connectivity index (χ2n) is 6.82. The number of hydrogen-bond acceptors (Lipinski definition) is 4. The highest BCUT2D eigenvalue weighted by Crippen LogP contribution is 2.36. The Bertz CT molecular complexity index is 728. The fraction of sp³-hybridized carbons (Fsp3) is 0.412. The van der Waals surface area contributed by atoms with Gasteiger partial charge in [0, 0.05) is 18.9 Å². The molecule has 1 aromatic carbocycles. The molecule has 0 atom stereocenters. The molecule has 3 rings (SSSR count). The lowest BCUT2D eigenvalue weighted by Crippen LogP contribution is -2.41. The predicted molar refractivity (Wildman–Crippen MR) is 88.2 cm³/mol. The van der Waals surface area contributed by atoms with E-state index in [4.69, 9.17) is 14.6 Å². The van der Waals surface area contributed by atoms with Crippen molar-refractivity contribution >= 4 is 12.6 Å². The maximum Gasteiger partial charge on any atom is 0.494 e. The number of aromatic nitrogens is 2. The Kier molecular flexibility index (Phi) is 3.79. The molecule has 2 aromatic rings. The van der Waals surface area contributed by atoms with Crippen LogP contribution in [-0.4, -0.2) is 27.9 Å². The molecule has 1 aliphatic heterocycles. The first-order chi connectivity index (χ1) is 10.8. The lowest BCUT2D eigenvalue weighted by molar-refractivity contribution is 0.00578. The van der Waals surface area contributed by atoms with E-state index in [1.807, 2.05) is 56.5 Å². The van der Waals surface area contributed by atoms with Crippen molar-refractivity contribution in [2.45, 2.75) is 45.4 Å². The molecule has 2 heterocycles. The van der Waals surface area contributed by atoms with Crippen LogP contribution in [0.5, 0.6) is 0 Å². The summed E-state index contributed by atoms with van der Waals surface area (Å²) in [6.45, 7) is 8.80. The smallest absolute Gasteiger partial charge is 0.399 e. The Labute approximate surface area is 137 Å². The van der Waals surface area contributed by atoms with E-state index in [9.17, 15) is 0 Å². The molecule has 0 amide bonds. The highest BCUT2D eigenvalue weighted by Gasteiger charge is 2.51. The molecule has 1 fully saturated rings. The van der Waals surface area contributed by atoms with Gasteiger partial charge in [0.25, 0.3) is 0 Å². The van der Waals surface area contributed by atoms with E-state index >= 15 is 0 Å². The Morgan fingerprint density at radius 1 is 1.13 bits per heavy atom. The summed E-state index contributed by atoms with van der Waals surface area (Å²) < 4.78 is 13.9. The van der Waals surface area contributed by atoms with E-state index in [0.29, 0.717) is 12.4 Å². The average molecular weight is 309 g/mol.